The highest BCUT2D eigenvalue weighted by Crippen LogP contribution is 2.41. The number of carbonyl (C=O) groups excluding carboxylic acids is 2. The van der Waals surface area contributed by atoms with Crippen LogP contribution in [0.4, 0.5) is 10.5 Å². The summed E-state index contributed by atoms with van der Waals surface area (Å²) < 4.78 is 12.3. The molecule has 2 aromatic carbocycles. The van der Waals surface area contributed by atoms with Gasteiger partial charge in [0, 0.05) is 0 Å². The number of rotatable bonds is 6. The fourth-order valence-corrected chi connectivity index (χ4v) is 4.87. The minimum absolute atomic E-state index is 0.328. The molecule has 0 aromatic heterocycles. The number of amides is 2. The van der Waals surface area contributed by atoms with Crippen LogP contribution in [0.3, 0.4) is 0 Å². The summed E-state index contributed by atoms with van der Waals surface area (Å²) in [4.78, 5) is 26.8. The fourth-order valence-electron chi connectivity index (χ4n) is 2.58. The third kappa shape index (κ3) is 4.19. The van der Waals surface area contributed by atoms with Gasteiger partial charge in [-0.3, -0.25) is 9.59 Å². The van der Waals surface area contributed by atoms with Crippen molar-refractivity contribution in [3.05, 3.63) is 68.5 Å². The smallest absolute Gasteiger partial charge is 0.298 e. The number of ether oxygens (including phenoxy) is 2. The molecule has 28 heavy (non-hydrogen) atoms. The van der Waals surface area contributed by atoms with Gasteiger partial charge in [-0.1, -0.05) is 24.8 Å². The summed E-state index contributed by atoms with van der Waals surface area (Å²) in [5.74, 6) is 0.707. The Morgan fingerprint density at radius 2 is 1.86 bits per heavy atom. The van der Waals surface area contributed by atoms with Crippen LogP contribution in [-0.4, -0.2) is 24.9 Å². The summed E-state index contributed by atoms with van der Waals surface area (Å²) in [7, 11) is 1.50. The van der Waals surface area contributed by atoms with E-state index >= 15 is 0 Å². The lowest BCUT2D eigenvalue weighted by molar-refractivity contribution is -0.113. The van der Waals surface area contributed by atoms with Crippen LogP contribution in [0.5, 0.6) is 11.5 Å². The average molecular weight is 525 g/mol. The van der Waals surface area contributed by atoms with Crippen molar-refractivity contribution < 1.29 is 19.1 Å². The highest BCUT2D eigenvalue weighted by molar-refractivity contribution is 9.11. The molecule has 0 saturated carbocycles. The first kappa shape index (κ1) is 20.7. The molecule has 5 nitrogen and oxygen atoms in total. The van der Waals surface area contributed by atoms with Gasteiger partial charge in [-0.25, -0.2) is 4.90 Å². The number of halogens is 2. The van der Waals surface area contributed by atoms with E-state index in [0.717, 1.165) is 31.2 Å². The minimum Gasteiger partial charge on any atom is -0.495 e. The molecular formula is C20H15Br2NO4S. The second-order valence-corrected chi connectivity index (χ2v) is 8.30. The molecular weight excluding hydrogens is 510 g/mol. The van der Waals surface area contributed by atoms with Crippen molar-refractivity contribution in [2.75, 3.05) is 18.6 Å². The summed E-state index contributed by atoms with van der Waals surface area (Å²) in [6.45, 7) is 4.00. The number of methoxy groups -OCH3 is 1. The Hall–Kier alpha value is -2.03. The largest absolute Gasteiger partial charge is 0.495 e. The number of carbonyl (C=O) groups is 2. The van der Waals surface area contributed by atoms with Crippen molar-refractivity contribution in [1.29, 1.82) is 0 Å². The molecule has 8 heteroatoms. The van der Waals surface area contributed by atoms with Gasteiger partial charge in [-0.15, -0.1) is 0 Å². The fraction of sp³-hybridized carbons (Fsp3) is 0.100. The van der Waals surface area contributed by atoms with Gasteiger partial charge in [-0.2, -0.15) is 0 Å². The van der Waals surface area contributed by atoms with Crippen LogP contribution in [0, 0.1) is 0 Å². The van der Waals surface area contributed by atoms with Gasteiger partial charge in [0.2, 0.25) is 0 Å². The standard InChI is InChI=1S/C20H15Br2NO4S/c1-3-8-27-18-13(21)9-12(10-14(18)22)11-17-19(24)23(20(25)28-17)15-6-4-5-7-16(15)26-2/h3-7,9-11H,1,8H2,2H3/b17-11-. The number of para-hydroxylation sites is 2. The maximum absolute atomic E-state index is 12.9. The zero-order valence-electron chi connectivity index (χ0n) is 14.8. The average Bonchev–Trinajstić information content (AvgIpc) is 2.94. The number of hydrogen-bond donors (Lipinski definition) is 0. The first-order valence-corrected chi connectivity index (χ1v) is 10.5. The van der Waals surface area contributed by atoms with E-state index in [2.05, 4.69) is 38.4 Å². The molecule has 0 unspecified atom stereocenters. The van der Waals surface area contributed by atoms with E-state index in [0.29, 0.717) is 28.7 Å². The van der Waals surface area contributed by atoms with Crippen LogP contribution >= 0.6 is 43.6 Å². The normalized spacial score (nSPS) is 15.2. The maximum Gasteiger partial charge on any atom is 0.298 e. The third-order valence-electron chi connectivity index (χ3n) is 3.78. The zero-order valence-corrected chi connectivity index (χ0v) is 18.8. The number of thioether (sulfide) groups is 1. The lowest BCUT2D eigenvalue weighted by atomic mass is 10.2. The summed E-state index contributed by atoms with van der Waals surface area (Å²) in [6, 6.07) is 10.6. The van der Waals surface area contributed by atoms with Crippen molar-refractivity contribution in [3.8, 4) is 11.5 Å². The molecule has 2 amide bonds. The summed E-state index contributed by atoms with van der Waals surface area (Å²) in [5.41, 5.74) is 1.17. The topological polar surface area (TPSA) is 55.8 Å². The van der Waals surface area contributed by atoms with E-state index in [1.165, 1.54) is 7.11 Å². The lowest BCUT2D eigenvalue weighted by Gasteiger charge is -2.15. The Morgan fingerprint density at radius 3 is 2.50 bits per heavy atom. The summed E-state index contributed by atoms with van der Waals surface area (Å²) >= 11 is 7.82. The van der Waals surface area contributed by atoms with Crippen LogP contribution in [0.25, 0.3) is 6.08 Å². The molecule has 1 aliphatic heterocycles. The van der Waals surface area contributed by atoms with E-state index in [-0.39, 0.29) is 5.24 Å². The second kappa shape index (κ2) is 8.98. The van der Waals surface area contributed by atoms with Crippen LogP contribution < -0.4 is 14.4 Å². The molecule has 0 spiro atoms. The SMILES string of the molecule is C=CCOc1c(Br)cc(/C=C2\SC(=O)N(c3ccccc3OC)C2=O)cc1Br. The summed E-state index contributed by atoms with van der Waals surface area (Å²) in [5, 5.41) is -0.371. The van der Waals surface area contributed by atoms with Gasteiger partial charge < -0.3 is 9.47 Å². The van der Waals surface area contributed by atoms with Gasteiger partial charge >= 0.3 is 0 Å². The highest BCUT2D eigenvalue weighted by Gasteiger charge is 2.37. The van der Waals surface area contributed by atoms with Crippen molar-refractivity contribution >= 4 is 66.5 Å². The van der Waals surface area contributed by atoms with E-state index in [1.54, 1.807) is 36.4 Å². The van der Waals surface area contributed by atoms with E-state index in [4.69, 9.17) is 9.47 Å². The van der Waals surface area contributed by atoms with Crippen molar-refractivity contribution in [2.45, 2.75) is 0 Å². The first-order valence-electron chi connectivity index (χ1n) is 8.10. The van der Waals surface area contributed by atoms with Crippen LogP contribution in [0.2, 0.25) is 0 Å². The van der Waals surface area contributed by atoms with E-state index in [9.17, 15) is 9.59 Å². The maximum atomic E-state index is 12.9. The first-order chi connectivity index (χ1) is 13.5. The molecule has 3 rings (SSSR count). The Labute approximate surface area is 183 Å². The van der Waals surface area contributed by atoms with E-state index < -0.39 is 5.91 Å². The number of anilines is 1. The van der Waals surface area contributed by atoms with Gasteiger partial charge in [-0.05, 0) is 79.5 Å². The number of nitrogens with zero attached hydrogens (tertiary/aromatic N) is 1. The molecule has 1 saturated heterocycles. The number of imide groups is 1. The molecule has 2 aromatic rings. The molecule has 0 N–H and O–H groups in total. The predicted octanol–water partition coefficient (Wildman–Crippen LogP) is 6.03. The zero-order chi connectivity index (χ0) is 20.3. The van der Waals surface area contributed by atoms with Crippen molar-refractivity contribution in [3.63, 3.8) is 0 Å². The van der Waals surface area contributed by atoms with Gasteiger partial charge in [0.15, 0.2) is 0 Å². The van der Waals surface area contributed by atoms with Crippen LogP contribution in [0.15, 0.2) is 62.9 Å². The molecule has 1 fully saturated rings. The molecule has 0 atom stereocenters. The molecule has 0 bridgehead atoms. The Balaban J connectivity index is 1.93. The van der Waals surface area contributed by atoms with Crippen molar-refractivity contribution in [1.82, 2.24) is 0 Å². The van der Waals surface area contributed by atoms with Crippen LogP contribution in [-0.2, 0) is 4.79 Å². The van der Waals surface area contributed by atoms with Crippen LogP contribution in [0.1, 0.15) is 5.56 Å². The molecule has 0 aliphatic carbocycles. The van der Waals surface area contributed by atoms with Crippen molar-refractivity contribution in [2.24, 2.45) is 0 Å². The van der Waals surface area contributed by atoms with Gasteiger partial charge in [0.25, 0.3) is 11.1 Å². The highest BCUT2D eigenvalue weighted by atomic mass is 79.9. The van der Waals surface area contributed by atoms with Gasteiger partial charge in [0.05, 0.1) is 26.6 Å². The lowest BCUT2D eigenvalue weighted by Crippen LogP contribution is -2.28. The molecule has 144 valence electrons. The minimum atomic E-state index is -0.390. The Morgan fingerprint density at radius 1 is 1.18 bits per heavy atom. The second-order valence-electron chi connectivity index (χ2n) is 5.60. The predicted molar refractivity (Wildman–Crippen MR) is 119 cm³/mol. The summed E-state index contributed by atoms with van der Waals surface area (Å²) in [6.07, 6.45) is 3.33. The number of benzene rings is 2. The monoisotopic (exact) mass is 523 g/mol. The van der Waals surface area contributed by atoms with E-state index in [1.807, 2.05) is 12.1 Å². The molecule has 1 heterocycles. The quantitative estimate of drug-likeness (QED) is 0.341. The Kier molecular flexibility index (Phi) is 6.64. The third-order valence-corrected chi connectivity index (χ3v) is 5.83. The number of hydrogen-bond acceptors (Lipinski definition) is 5. The molecule has 0 radical (unpaired) electrons. The Bertz CT molecular complexity index is 967. The molecule has 1 aliphatic rings. The van der Waals surface area contributed by atoms with Gasteiger partial charge in [0.1, 0.15) is 18.1 Å².